The van der Waals surface area contributed by atoms with E-state index in [4.69, 9.17) is 0 Å². The van der Waals surface area contributed by atoms with Crippen LogP contribution in [0.25, 0.3) is 0 Å². The monoisotopic (exact) mass is 533 g/mol. The number of nitrogens with zero attached hydrogens (tertiary/aromatic N) is 1. The van der Waals surface area contributed by atoms with Crippen molar-refractivity contribution in [2.45, 2.75) is 82.0 Å². The number of anilines is 1. The lowest BCUT2D eigenvalue weighted by molar-refractivity contribution is -0.124. The smallest absolute Gasteiger partial charge is 0.234 e. The van der Waals surface area contributed by atoms with Gasteiger partial charge < -0.3 is 26.4 Å². The Morgan fingerprint density at radius 1 is 1.10 bits per heavy atom. The highest BCUT2D eigenvalue weighted by Gasteiger charge is 2.39. The molecule has 7 heteroatoms. The van der Waals surface area contributed by atoms with Gasteiger partial charge >= 0.3 is 0 Å². The van der Waals surface area contributed by atoms with Crippen LogP contribution in [-0.4, -0.2) is 66.8 Å². The number of hydrogen-bond donors (Lipinski definition) is 5. The number of amides is 1. The molecule has 1 spiro atoms. The van der Waals surface area contributed by atoms with E-state index in [1.807, 2.05) is 30.3 Å². The molecule has 212 valence electrons. The Balaban J connectivity index is 1.28. The molecule has 1 saturated carbocycles. The summed E-state index contributed by atoms with van der Waals surface area (Å²) in [4.78, 5) is 15.2. The highest BCUT2D eigenvalue weighted by molar-refractivity contribution is 5.78. The van der Waals surface area contributed by atoms with E-state index in [2.05, 4.69) is 51.3 Å². The zero-order valence-electron chi connectivity index (χ0n) is 23.6. The van der Waals surface area contributed by atoms with Gasteiger partial charge in [0.25, 0.3) is 0 Å². The van der Waals surface area contributed by atoms with Gasteiger partial charge in [0.15, 0.2) is 0 Å². The van der Waals surface area contributed by atoms with Crippen molar-refractivity contribution in [3.63, 3.8) is 0 Å². The van der Waals surface area contributed by atoms with Crippen LogP contribution in [0.1, 0.15) is 80.7 Å². The largest absolute Gasteiger partial charge is 0.386 e. The predicted molar refractivity (Wildman–Crippen MR) is 158 cm³/mol. The lowest BCUT2D eigenvalue weighted by atomic mass is 9.73. The minimum atomic E-state index is -0.753. The molecule has 3 aliphatic rings. The summed E-state index contributed by atoms with van der Waals surface area (Å²) in [5.41, 5.74) is 4.99. The van der Waals surface area contributed by atoms with Gasteiger partial charge in [0.2, 0.25) is 5.91 Å². The quantitative estimate of drug-likeness (QED) is 0.318. The second kappa shape index (κ2) is 13.3. The van der Waals surface area contributed by atoms with E-state index >= 15 is 0 Å². The van der Waals surface area contributed by atoms with E-state index in [9.17, 15) is 9.90 Å². The number of benzene rings is 2. The number of hydrogen-bond acceptors (Lipinski definition) is 6. The van der Waals surface area contributed by atoms with Crippen molar-refractivity contribution in [2.24, 2.45) is 0 Å². The molecule has 1 aliphatic carbocycles. The van der Waals surface area contributed by atoms with Gasteiger partial charge in [-0.1, -0.05) is 68.7 Å². The van der Waals surface area contributed by atoms with Crippen molar-refractivity contribution in [2.75, 3.05) is 44.6 Å². The molecule has 2 heterocycles. The molecule has 2 aromatic rings. The molecule has 1 saturated heterocycles. The topological polar surface area (TPSA) is 88.7 Å². The third-order valence-electron chi connectivity index (χ3n) is 9.00. The van der Waals surface area contributed by atoms with Crippen LogP contribution in [-0.2, 0) is 11.2 Å². The summed E-state index contributed by atoms with van der Waals surface area (Å²) in [5.74, 6) is -0.0159. The molecule has 7 nitrogen and oxygen atoms in total. The van der Waals surface area contributed by atoms with Gasteiger partial charge in [-0.15, -0.1) is 0 Å². The molecule has 39 heavy (non-hydrogen) atoms. The summed E-state index contributed by atoms with van der Waals surface area (Å²) in [6.07, 6.45) is 8.34. The summed E-state index contributed by atoms with van der Waals surface area (Å²) in [6.45, 7) is 6.87. The third-order valence-corrected chi connectivity index (χ3v) is 9.00. The van der Waals surface area contributed by atoms with Crippen LogP contribution in [0.5, 0.6) is 0 Å². The molecule has 0 unspecified atom stereocenters. The molecular weight excluding hydrogens is 486 g/mol. The maximum absolute atomic E-state index is 13.0. The zero-order chi connectivity index (χ0) is 27.1. The van der Waals surface area contributed by atoms with Gasteiger partial charge in [-0.05, 0) is 61.4 Å². The number of carbonyl (C=O) groups is 1. The number of aryl methyl sites for hydroxylation is 1. The van der Waals surface area contributed by atoms with E-state index in [1.54, 1.807) is 0 Å². The molecule has 0 radical (unpaired) electrons. The Bertz CT molecular complexity index is 1070. The Morgan fingerprint density at radius 2 is 1.87 bits per heavy atom. The molecule has 0 bridgehead atoms. The molecular formula is C32H47N5O2. The first-order valence-electron chi connectivity index (χ1n) is 15.1. The first-order valence-corrected chi connectivity index (χ1v) is 15.1. The van der Waals surface area contributed by atoms with Crippen LogP contribution >= 0.6 is 0 Å². The minimum Gasteiger partial charge on any atom is -0.386 e. The number of piperazine rings is 1. The summed E-state index contributed by atoms with van der Waals surface area (Å²) >= 11 is 0. The van der Waals surface area contributed by atoms with Gasteiger partial charge in [-0.3, -0.25) is 9.69 Å². The fourth-order valence-corrected chi connectivity index (χ4v) is 6.74. The number of rotatable bonds is 10. The Hall–Kier alpha value is -2.45. The first kappa shape index (κ1) is 28.1. The fraction of sp³-hybridized carbons (Fsp3) is 0.594. The number of aliphatic hydroxyl groups is 1. The van der Waals surface area contributed by atoms with Gasteiger partial charge in [0.05, 0.1) is 18.7 Å². The Kier molecular flexibility index (Phi) is 9.56. The van der Waals surface area contributed by atoms with Crippen molar-refractivity contribution < 1.29 is 9.90 Å². The van der Waals surface area contributed by atoms with E-state index in [0.29, 0.717) is 13.0 Å². The molecule has 5 rings (SSSR count). The summed E-state index contributed by atoms with van der Waals surface area (Å²) in [7, 11) is 0. The van der Waals surface area contributed by atoms with Crippen molar-refractivity contribution >= 4 is 11.6 Å². The highest BCUT2D eigenvalue weighted by Crippen LogP contribution is 2.45. The van der Waals surface area contributed by atoms with Gasteiger partial charge in [-0.2, -0.15) is 0 Å². The molecule has 0 aromatic heterocycles. The lowest BCUT2D eigenvalue weighted by Gasteiger charge is -2.46. The van der Waals surface area contributed by atoms with Crippen LogP contribution in [0.3, 0.4) is 0 Å². The average molecular weight is 534 g/mol. The first-order chi connectivity index (χ1) is 19.0. The maximum Gasteiger partial charge on any atom is 0.234 e. The number of aliphatic hydroxyl groups excluding tert-OH is 1. The van der Waals surface area contributed by atoms with Crippen LogP contribution in [0.2, 0.25) is 0 Å². The molecule has 2 aromatic carbocycles. The average Bonchev–Trinajstić information content (AvgIpc) is 2.97. The van der Waals surface area contributed by atoms with Gasteiger partial charge in [-0.25, -0.2) is 0 Å². The van der Waals surface area contributed by atoms with E-state index in [0.717, 1.165) is 51.1 Å². The SMILES string of the molecule is CCc1ccc2c(c1)[C@@H](NCC[C@@H](NC(=O)CN1CCNCC1)[C@@H](O)c1ccccc1)CC1(CCCCC1)N2. The number of fused-ring (bicyclic) bond motifs is 1. The molecule has 2 fully saturated rings. The number of carbonyl (C=O) groups excluding carboxylic acids is 1. The highest BCUT2D eigenvalue weighted by atomic mass is 16.3. The van der Waals surface area contributed by atoms with E-state index in [1.165, 1.54) is 48.9 Å². The summed E-state index contributed by atoms with van der Waals surface area (Å²) in [5, 5.41) is 25.7. The molecule has 2 aliphatic heterocycles. The maximum atomic E-state index is 13.0. The van der Waals surface area contributed by atoms with Crippen LogP contribution in [0.4, 0.5) is 5.69 Å². The molecule has 1 amide bonds. The van der Waals surface area contributed by atoms with Crippen molar-refractivity contribution in [1.29, 1.82) is 0 Å². The van der Waals surface area contributed by atoms with Crippen molar-refractivity contribution in [3.05, 3.63) is 65.2 Å². The fourth-order valence-electron chi connectivity index (χ4n) is 6.74. The normalized spacial score (nSPS) is 22.5. The van der Waals surface area contributed by atoms with Crippen LogP contribution in [0.15, 0.2) is 48.5 Å². The second-order valence-corrected chi connectivity index (χ2v) is 11.8. The summed E-state index contributed by atoms with van der Waals surface area (Å²) < 4.78 is 0. The second-order valence-electron chi connectivity index (χ2n) is 11.8. The number of nitrogens with one attached hydrogen (secondary N) is 4. The van der Waals surface area contributed by atoms with Crippen LogP contribution < -0.4 is 21.3 Å². The summed E-state index contributed by atoms with van der Waals surface area (Å²) in [6, 6.07) is 16.5. The van der Waals surface area contributed by atoms with E-state index < -0.39 is 6.10 Å². The van der Waals surface area contributed by atoms with Gasteiger partial charge in [0.1, 0.15) is 0 Å². The van der Waals surface area contributed by atoms with Crippen LogP contribution in [0, 0.1) is 0 Å². The molecule has 3 atom stereocenters. The minimum absolute atomic E-state index is 0.0159. The lowest BCUT2D eigenvalue weighted by Crippen LogP contribution is -2.50. The Labute approximate surface area is 234 Å². The van der Waals surface area contributed by atoms with Crippen molar-refractivity contribution in [1.82, 2.24) is 20.9 Å². The zero-order valence-corrected chi connectivity index (χ0v) is 23.6. The van der Waals surface area contributed by atoms with E-state index in [-0.39, 0.29) is 23.5 Å². The Morgan fingerprint density at radius 3 is 2.62 bits per heavy atom. The predicted octanol–water partition coefficient (Wildman–Crippen LogP) is 3.91. The van der Waals surface area contributed by atoms with Crippen molar-refractivity contribution in [3.8, 4) is 0 Å². The standard InChI is InChI=1S/C32H47N5O2/c1-2-24-11-12-27-26(21-24)29(22-32(36-27)14-7-4-8-15-32)34-16-13-28(31(39)25-9-5-3-6-10-25)35-30(38)23-37-19-17-33-18-20-37/h3,5-6,9-12,21,28-29,31,33-34,36,39H,2,4,7-8,13-20,22-23H2,1H3,(H,35,38)/t28-,29+,31+/m1/s1. The third kappa shape index (κ3) is 7.20. The van der Waals surface area contributed by atoms with Gasteiger partial charge in [0, 0.05) is 43.4 Å². The molecule has 5 N–H and O–H groups in total.